The maximum absolute atomic E-state index is 12.5. The summed E-state index contributed by atoms with van der Waals surface area (Å²) in [7, 11) is 3.39. The van der Waals surface area contributed by atoms with E-state index in [9.17, 15) is 14.4 Å². The van der Waals surface area contributed by atoms with Gasteiger partial charge in [-0.2, -0.15) is 0 Å². The van der Waals surface area contributed by atoms with Crippen LogP contribution in [0.5, 0.6) is 0 Å². The molecule has 0 unspecified atom stereocenters. The molecule has 0 bridgehead atoms. The lowest BCUT2D eigenvalue weighted by molar-refractivity contribution is -0.116. The molecule has 166 valence electrons. The Bertz CT molecular complexity index is 984. The van der Waals surface area contributed by atoms with E-state index in [1.165, 1.54) is 4.90 Å². The van der Waals surface area contributed by atoms with Crippen LogP contribution in [0.25, 0.3) is 0 Å². The second-order valence-electron chi connectivity index (χ2n) is 7.39. The lowest BCUT2D eigenvalue weighted by atomic mass is 10.1. The fraction of sp³-hybridized carbons (Fsp3) is 0.429. The van der Waals surface area contributed by atoms with Crippen molar-refractivity contribution in [2.75, 3.05) is 50.6 Å². The standard InChI is InChI=1S/C21H27N5O4S/c1-14-17(19(28)24-20(22-14)26-10-12-30-13-11-26)8-9-18(27)23-15-4-6-16(7-5-15)31-21(29)25(2)3/h4-7H,8-13H2,1-3H3,(H,23,27)(H,22,24,28). The summed E-state index contributed by atoms with van der Waals surface area (Å²) in [4.78, 5) is 48.2. The van der Waals surface area contributed by atoms with Crippen LogP contribution in [0.1, 0.15) is 17.7 Å². The van der Waals surface area contributed by atoms with Gasteiger partial charge in [-0.3, -0.25) is 19.4 Å². The first-order valence-corrected chi connectivity index (χ1v) is 10.9. The maximum atomic E-state index is 12.5. The van der Waals surface area contributed by atoms with Gasteiger partial charge in [-0.15, -0.1) is 0 Å². The van der Waals surface area contributed by atoms with Crippen molar-refractivity contribution in [3.63, 3.8) is 0 Å². The number of amides is 2. The number of morpholine rings is 1. The highest BCUT2D eigenvalue weighted by molar-refractivity contribution is 8.13. The molecule has 1 fully saturated rings. The predicted molar refractivity (Wildman–Crippen MR) is 121 cm³/mol. The van der Waals surface area contributed by atoms with Crippen LogP contribution in [0.15, 0.2) is 34.0 Å². The molecule has 2 aromatic rings. The van der Waals surface area contributed by atoms with Gasteiger partial charge in [-0.25, -0.2) is 4.98 Å². The summed E-state index contributed by atoms with van der Waals surface area (Å²) in [5, 5.41) is 2.75. The Morgan fingerprint density at radius 1 is 1.23 bits per heavy atom. The number of thioether (sulfide) groups is 1. The summed E-state index contributed by atoms with van der Waals surface area (Å²) in [5.74, 6) is 0.352. The van der Waals surface area contributed by atoms with E-state index in [0.29, 0.717) is 55.6 Å². The van der Waals surface area contributed by atoms with Crippen LogP contribution in [0.4, 0.5) is 16.4 Å². The first-order valence-electron chi connectivity index (χ1n) is 10.0. The van der Waals surface area contributed by atoms with Crippen molar-refractivity contribution in [2.45, 2.75) is 24.7 Å². The first-order chi connectivity index (χ1) is 14.8. The zero-order chi connectivity index (χ0) is 22.4. The fourth-order valence-electron chi connectivity index (χ4n) is 3.08. The highest BCUT2D eigenvalue weighted by atomic mass is 32.2. The number of aromatic nitrogens is 2. The third-order valence-electron chi connectivity index (χ3n) is 4.83. The molecule has 31 heavy (non-hydrogen) atoms. The summed E-state index contributed by atoms with van der Waals surface area (Å²) in [5.41, 5.74) is 1.57. The van der Waals surface area contributed by atoms with Gasteiger partial charge in [0.2, 0.25) is 11.9 Å². The Balaban J connectivity index is 1.55. The molecule has 0 spiro atoms. The number of nitrogens with zero attached hydrogens (tertiary/aromatic N) is 3. The Labute approximate surface area is 185 Å². The third kappa shape index (κ3) is 6.31. The number of anilines is 2. The average Bonchev–Trinajstić information content (AvgIpc) is 2.75. The molecule has 2 heterocycles. The quantitative estimate of drug-likeness (QED) is 0.657. The molecule has 0 atom stereocenters. The van der Waals surface area contributed by atoms with Gasteiger partial charge in [0.25, 0.3) is 10.8 Å². The van der Waals surface area contributed by atoms with E-state index >= 15 is 0 Å². The van der Waals surface area contributed by atoms with E-state index in [1.807, 2.05) is 4.90 Å². The number of carbonyl (C=O) groups is 2. The number of benzene rings is 1. The number of carbonyl (C=O) groups excluding carboxylic acids is 2. The smallest absolute Gasteiger partial charge is 0.285 e. The maximum Gasteiger partial charge on any atom is 0.285 e. The molecular formula is C21H27N5O4S. The van der Waals surface area contributed by atoms with E-state index in [-0.39, 0.29) is 23.1 Å². The van der Waals surface area contributed by atoms with Gasteiger partial charge >= 0.3 is 0 Å². The Kier molecular flexibility index (Phi) is 7.69. The van der Waals surface area contributed by atoms with E-state index in [0.717, 1.165) is 16.7 Å². The number of aromatic amines is 1. The molecule has 0 radical (unpaired) electrons. The topological polar surface area (TPSA) is 108 Å². The zero-order valence-corrected chi connectivity index (χ0v) is 18.8. The normalized spacial score (nSPS) is 13.7. The van der Waals surface area contributed by atoms with Crippen LogP contribution in [0, 0.1) is 6.92 Å². The largest absolute Gasteiger partial charge is 0.378 e. The summed E-state index contributed by atoms with van der Waals surface area (Å²) < 4.78 is 5.33. The minimum absolute atomic E-state index is 0.0642. The van der Waals surface area contributed by atoms with Crippen LogP contribution < -0.4 is 15.8 Å². The summed E-state index contributed by atoms with van der Waals surface area (Å²) in [6.45, 7) is 4.37. The van der Waals surface area contributed by atoms with Crippen LogP contribution in [-0.2, 0) is 16.0 Å². The van der Waals surface area contributed by atoms with Crippen molar-refractivity contribution >= 4 is 34.5 Å². The molecule has 1 aromatic carbocycles. The molecule has 1 aliphatic heterocycles. The zero-order valence-electron chi connectivity index (χ0n) is 17.9. The van der Waals surface area contributed by atoms with E-state index in [4.69, 9.17) is 4.74 Å². The summed E-state index contributed by atoms with van der Waals surface area (Å²) in [6.07, 6.45) is 0.465. The minimum atomic E-state index is -0.214. The number of nitrogens with one attached hydrogen (secondary N) is 2. The van der Waals surface area contributed by atoms with Crippen LogP contribution in [0.3, 0.4) is 0 Å². The van der Waals surface area contributed by atoms with Crippen molar-refractivity contribution in [3.05, 3.63) is 45.9 Å². The van der Waals surface area contributed by atoms with E-state index < -0.39 is 0 Å². The lowest BCUT2D eigenvalue weighted by Gasteiger charge is -2.27. The van der Waals surface area contributed by atoms with Crippen molar-refractivity contribution in [3.8, 4) is 0 Å². The molecule has 10 heteroatoms. The molecular weight excluding hydrogens is 418 g/mol. The molecule has 1 aromatic heterocycles. The van der Waals surface area contributed by atoms with Crippen LogP contribution >= 0.6 is 11.8 Å². The van der Waals surface area contributed by atoms with E-state index in [1.54, 1.807) is 45.3 Å². The van der Waals surface area contributed by atoms with Crippen LogP contribution in [-0.4, -0.2) is 66.4 Å². The molecule has 9 nitrogen and oxygen atoms in total. The van der Waals surface area contributed by atoms with Gasteiger partial charge in [0, 0.05) is 55.4 Å². The minimum Gasteiger partial charge on any atom is -0.378 e. The Morgan fingerprint density at radius 2 is 1.90 bits per heavy atom. The van der Waals surface area contributed by atoms with Crippen molar-refractivity contribution in [1.29, 1.82) is 0 Å². The fourth-order valence-corrected chi connectivity index (χ4v) is 3.73. The number of hydrogen-bond donors (Lipinski definition) is 2. The SMILES string of the molecule is Cc1nc(N2CCOCC2)[nH]c(=O)c1CCC(=O)Nc1ccc(SC(=O)N(C)C)cc1. The molecule has 1 aliphatic rings. The number of aryl methyl sites for hydroxylation is 1. The van der Waals surface area contributed by atoms with Gasteiger partial charge in [0.05, 0.1) is 13.2 Å². The van der Waals surface area contributed by atoms with Gasteiger partial charge in [-0.05, 0) is 49.4 Å². The van der Waals surface area contributed by atoms with E-state index in [2.05, 4.69) is 15.3 Å². The average molecular weight is 446 g/mol. The molecule has 0 saturated carbocycles. The molecule has 3 rings (SSSR count). The number of ether oxygens (including phenoxy) is 1. The second kappa shape index (κ2) is 10.5. The highest BCUT2D eigenvalue weighted by Gasteiger charge is 2.17. The summed E-state index contributed by atoms with van der Waals surface area (Å²) in [6, 6.07) is 7.06. The molecule has 2 amide bonds. The third-order valence-corrected chi connectivity index (χ3v) is 5.88. The molecule has 1 saturated heterocycles. The first kappa shape index (κ1) is 22.8. The molecule has 2 N–H and O–H groups in total. The van der Waals surface area contributed by atoms with Gasteiger partial charge in [0.15, 0.2) is 0 Å². The van der Waals surface area contributed by atoms with Gasteiger partial charge < -0.3 is 19.9 Å². The lowest BCUT2D eigenvalue weighted by Crippen LogP contribution is -2.38. The number of rotatable bonds is 6. The predicted octanol–water partition coefficient (Wildman–Crippen LogP) is 2.26. The monoisotopic (exact) mass is 445 g/mol. The second-order valence-corrected chi connectivity index (χ2v) is 8.41. The Morgan fingerprint density at radius 3 is 2.52 bits per heavy atom. The van der Waals surface area contributed by atoms with Crippen LogP contribution in [0.2, 0.25) is 0 Å². The number of H-pyrrole nitrogens is 1. The number of hydrogen-bond acceptors (Lipinski definition) is 7. The van der Waals surface area contributed by atoms with Gasteiger partial charge in [-0.1, -0.05) is 0 Å². The summed E-state index contributed by atoms with van der Waals surface area (Å²) >= 11 is 1.12. The Hall–Kier alpha value is -2.85. The molecule has 0 aliphatic carbocycles. The highest BCUT2D eigenvalue weighted by Crippen LogP contribution is 2.22. The van der Waals surface area contributed by atoms with Crippen molar-refractivity contribution < 1.29 is 14.3 Å². The van der Waals surface area contributed by atoms with Crippen molar-refractivity contribution in [1.82, 2.24) is 14.9 Å². The van der Waals surface area contributed by atoms with Gasteiger partial charge in [0.1, 0.15) is 0 Å². The van der Waals surface area contributed by atoms with Crippen molar-refractivity contribution in [2.24, 2.45) is 0 Å².